The van der Waals surface area contributed by atoms with Gasteiger partial charge in [-0.3, -0.25) is 9.35 Å². The molecule has 4 aliphatic carbocycles. The molecule has 4 rings (SSSR count). The minimum atomic E-state index is -4.30. The Kier molecular flexibility index (Phi) is 9.55. The molecule has 7 heteroatoms. The Labute approximate surface area is 239 Å². The van der Waals surface area contributed by atoms with E-state index in [-0.39, 0.29) is 11.8 Å². The maximum atomic E-state index is 12.6. The van der Waals surface area contributed by atoms with Crippen molar-refractivity contribution in [3.63, 3.8) is 0 Å². The van der Waals surface area contributed by atoms with Gasteiger partial charge in [0, 0.05) is 13.0 Å². The van der Waals surface area contributed by atoms with Gasteiger partial charge < -0.3 is 11.1 Å². The lowest BCUT2D eigenvalue weighted by Crippen LogP contribution is -2.53. The molecule has 0 aromatic rings. The average Bonchev–Trinajstić information content (AvgIpc) is 3.23. The number of nitrogens with one attached hydrogen (secondary N) is 1. The molecular weight excluding hydrogens is 508 g/mol. The first-order chi connectivity index (χ1) is 18.2. The summed E-state index contributed by atoms with van der Waals surface area (Å²) >= 11 is 0. The summed E-state index contributed by atoms with van der Waals surface area (Å²) in [6, 6.07) is 0. The van der Waals surface area contributed by atoms with Crippen LogP contribution in [-0.4, -0.2) is 30.3 Å². The molecule has 4 fully saturated rings. The fourth-order valence-corrected chi connectivity index (χ4v) is 10.9. The predicted octanol–water partition coefficient (Wildman–Crippen LogP) is 6.94. The predicted molar refractivity (Wildman–Crippen MR) is 158 cm³/mol. The van der Waals surface area contributed by atoms with Gasteiger partial charge in [-0.15, -0.1) is 0 Å². The maximum absolute atomic E-state index is 12.6. The molecule has 10 atom stereocenters. The molecule has 0 heterocycles. The largest absolute Gasteiger partial charge is 0.356 e. The number of rotatable bonds is 11. The zero-order valence-electron chi connectivity index (χ0n) is 25.5. The molecule has 1 amide bonds. The highest BCUT2D eigenvalue weighted by molar-refractivity contribution is 7.87. The summed E-state index contributed by atoms with van der Waals surface area (Å²) in [7, 11) is -4.30. The highest BCUT2D eigenvalue weighted by atomic mass is 32.2. The van der Waals surface area contributed by atoms with Gasteiger partial charge in [-0.1, -0.05) is 47.0 Å². The standard InChI is InChI=1S/C32H58N2O4S/c1-22(12-17-29(35)34-21-9-7-10-23(2)32(5,33)39(36,37)38)26-15-16-27-25-14-13-24-11-6-8-19-30(24,3)28(25)18-20-31(26,27)4/h22-28H,6-21,33H2,1-5H3,(H,34,35)(H,36,37,38)/t22-,23?,24?,25?,26-,27?,28?,30+,31-,32?/m1/s1. The van der Waals surface area contributed by atoms with Crippen molar-refractivity contribution in [3.8, 4) is 0 Å². The highest BCUT2D eigenvalue weighted by Gasteiger charge is 2.60. The van der Waals surface area contributed by atoms with Crippen molar-refractivity contribution in [1.82, 2.24) is 5.32 Å². The number of hydrogen-bond acceptors (Lipinski definition) is 4. The van der Waals surface area contributed by atoms with E-state index < -0.39 is 15.0 Å². The van der Waals surface area contributed by atoms with Gasteiger partial charge >= 0.3 is 0 Å². The van der Waals surface area contributed by atoms with Gasteiger partial charge in [0.25, 0.3) is 10.1 Å². The van der Waals surface area contributed by atoms with E-state index in [1.54, 1.807) is 6.92 Å². The fourth-order valence-electron chi connectivity index (χ4n) is 10.3. The van der Waals surface area contributed by atoms with Crippen molar-refractivity contribution in [2.75, 3.05) is 6.54 Å². The van der Waals surface area contributed by atoms with Crippen LogP contribution in [0.15, 0.2) is 0 Å². The lowest BCUT2D eigenvalue weighted by molar-refractivity contribution is -0.122. The maximum Gasteiger partial charge on any atom is 0.283 e. The van der Waals surface area contributed by atoms with Gasteiger partial charge in [-0.2, -0.15) is 8.42 Å². The summed E-state index contributed by atoms with van der Waals surface area (Å²) in [5, 5.41) is 3.07. The molecule has 4 saturated carbocycles. The fraction of sp³-hybridized carbons (Fsp3) is 0.969. The summed E-state index contributed by atoms with van der Waals surface area (Å²) in [4.78, 5) is 11.0. The van der Waals surface area contributed by atoms with E-state index in [1.807, 2.05) is 0 Å². The number of carbonyl (C=O) groups is 1. The van der Waals surface area contributed by atoms with E-state index in [4.69, 9.17) is 5.73 Å². The zero-order chi connectivity index (χ0) is 28.6. The first kappa shape index (κ1) is 31.3. The van der Waals surface area contributed by atoms with E-state index in [1.165, 1.54) is 71.1 Å². The normalized spacial score (nSPS) is 39.5. The van der Waals surface area contributed by atoms with Crippen LogP contribution in [-0.2, 0) is 14.9 Å². The van der Waals surface area contributed by atoms with Crippen LogP contribution in [0.4, 0.5) is 0 Å². The number of carbonyl (C=O) groups excluding carboxylic acids is 1. The van der Waals surface area contributed by atoms with Crippen LogP contribution in [0.25, 0.3) is 0 Å². The highest BCUT2D eigenvalue weighted by Crippen LogP contribution is 2.68. The third-order valence-electron chi connectivity index (χ3n) is 13.1. The smallest absolute Gasteiger partial charge is 0.283 e. The average molecular weight is 567 g/mol. The molecule has 0 radical (unpaired) electrons. The minimum Gasteiger partial charge on any atom is -0.356 e. The molecule has 0 aromatic heterocycles. The molecule has 4 aliphatic rings. The van der Waals surface area contributed by atoms with Crippen molar-refractivity contribution >= 4 is 16.0 Å². The zero-order valence-corrected chi connectivity index (χ0v) is 26.3. The molecule has 0 saturated heterocycles. The summed E-state index contributed by atoms with van der Waals surface area (Å²) in [5.41, 5.74) is 6.88. The molecule has 4 N–H and O–H groups in total. The third-order valence-corrected chi connectivity index (χ3v) is 14.6. The molecule has 0 aromatic carbocycles. The molecule has 0 bridgehead atoms. The monoisotopic (exact) mass is 566 g/mol. The number of unbranched alkanes of at least 4 members (excludes halogenated alkanes) is 1. The summed E-state index contributed by atoms with van der Waals surface area (Å²) < 4.78 is 32.3. The number of nitrogens with two attached hydrogens (primary N) is 1. The van der Waals surface area contributed by atoms with E-state index >= 15 is 0 Å². The molecule has 0 spiro atoms. The Morgan fingerprint density at radius 2 is 1.69 bits per heavy atom. The van der Waals surface area contributed by atoms with Crippen LogP contribution < -0.4 is 11.1 Å². The van der Waals surface area contributed by atoms with Crippen LogP contribution in [0, 0.1) is 52.3 Å². The summed E-state index contributed by atoms with van der Waals surface area (Å²) in [6.45, 7) is 11.4. The van der Waals surface area contributed by atoms with Crippen LogP contribution in [0.3, 0.4) is 0 Å². The first-order valence-corrected chi connectivity index (χ1v) is 17.7. The summed E-state index contributed by atoms with van der Waals surface area (Å²) in [6.07, 6.45) is 18.0. The second-order valence-electron chi connectivity index (χ2n) is 15.1. The number of amides is 1. The van der Waals surface area contributed by atoms with E-state index in [0.717, 1.165) is 48.9 Å². The Morgan fingerprint density at radius 3 is 2.41 bits per heavy atom. The second kappa shape index (κ2) is 11.9. The molecule has 6 unspecified atom stereocenters. The van der Waals surface area contributed by atoms with E-state index in [2.05, 4.69) is 26.1 Å². The van der Waals surface area contributed by atoms with Crippen molar-refractivity contribution in [1.29, 1.82) is 0 Å². The Balaban J connectivity index is 1.20. The lowest BCUT2D eigenvalue weighted by atomic mass is 9.44. The Morgan fingerprint density at radius 1 is 0.974 bits per heavy atom. The van der Waals surface area contributed by atoms with Gasteiger partial charge in [-0.05, 0) is 130 Å². The van der Waals surface area contributed by atoms with E-state index in [0.29, 0.717) is 36.1 Å². The Bertz CT molecular complexity index is 967. The van der Waals surface area contributed by atoms with Crippen LogP contribution in [0.1, 0.15) is 131 Å². The molecule has 39 heavy (non-hydrogen) atoms. The molecule has 6 nitrogen and oxygen atoms in total. The van der Waals surface area contributed by atoms with Crippen LogP contribution in [0.5, 0.6) is 0 Å². The quantitative estimate of drug-likeness (QED) is 0.185. The van der Waals surface area contributed by atoms with E-state index in [9.17, 15) is 17.8 Å². The topological polar surface area (TPSA) is 109 Å². The lowest BCUT2D eigenvalue weighted by Gasteiger charge is -2.61. The summed E-state index contributed by atoms with van der Waals surface area (Å²) in [5.74, 6) is 4.82. The Hall–Kier alpha value is -0.660. The minimum absolute atomic E-state index is 0.128. The van der Waals surface area contributed by atoms with Crippen molar-refractivity contribution < 1.29 is 17.8 Å². The van der Waals surface area contributed by atoms with Gasteiger partial charge in [-0.25, -0.2) is 0 Å². The number of fused-ring (bicyclic) bond motifs is 5. The third kappa shape index (κ3) is 6.11. The van der Waals surface area contributed by atoms with Gasteiger partial charge in [0.2, 0.25) is 5.91 Å². The number of hydrogen-bond donors (Lipinski definition) is 3. The van der Waals surface area contributed by atoms with Crippen molar-refractivity contribution in [3.05, 3.63) is 0 Å². The molecule has 226 valence electrons. The molecular formula is C32H58N2O4S. The van der Waals surface area contributed by atoms with Gasteiger partial charge in [0.05, 0.1) is 0 Å². The second-order valence-corrected chi connectivity index (χ2v) is 16.9. The molecule has 0 aliphatic heterocycles. The van der Waals surface area contributed by atoms with Crippen molar-refractivity contribution in [2.24, 2.45) is 58.0 Å². The van der Waals surface area contributed by atoms with Gasteiger partial charge in [0.15, 0.2) is 0 Å². The first-order valence-electron chi connectivity index (χ1n) is 16.2. The van der Waals surface area contributed by atoms with Gasteiger partial charge in [0.1, 0.15) is 4.87 Å². The van der Waals surface area contributed by atoms with Crippen LogP contribution in [0.2, 0.25) is 0 Å². The SMILES string of the molecule is CC(CCCCNC(=O)CC[C@@H](C)[C@H]1CCC2C3CCC4CCCC[C@]4(C)C3CC[C@@]21C)C(C)(N)S(=O)(=O)O. The van der Waals surface area contributed by atoms with Crippen molar-refractivity contribution in [2.45, 2.75) is 136 Å². The van der Waals surface area contributed by atoms with Crippen LogP contribution >= 0.6 is 0 Å².